The monoisotopic (exact) mass is 474 g/mol. The first-order chi connectivity index (χ1) is 16.4. The van der Waals surface area contributed by atoms with Gasteiger partial charge in [0.05, 0.1) is 25.3 Å². The third kappa shape index (κ3) is 6.61. The molecule has 0 bridgehead atoms. The minimum absolute atomic E-state index is 0.0667. The largest absolute Gasteiger partial charge is 0.465 e. The van der Waals surface area contributed by atoms with Crippen LogP contribution in [-0.2, 0) is 9.47 Å². The second kappa shape index (κ2) is 12.6. The van der Waals surface area contributed by atoms with Crippen LogP contribution in [0.25, 0.3) is 0 Å². The lowest BCUT2D eigenvalue weighted by Gasteiger charge is -2.27. The molecule has 2 heterocycles. The van der Waals surface area contributed by atoms with E-state index < -0.39 is 12.3 Å². The molecule has 0 unspecified atom stereocenters. The first-order valence-electron chi connectivity index (χ1n) is 11.5. The zero-order valence-electron chi connectivity index (χ0n) is 19.6. The SMILES string of the molecule is COC(=O)c1ccc([C@@H]2CCNC[C@@H]2F)cc1.COC(=O)c1ccc([C@H]2CCNC[C@H]2F)cc1. The highest BCUT2D eigenvalue weighted by Crippen LogP contribution is 2.29. The van der Waals surface area contributed by atoms with Gasteiger partial charge in [0.1, 0.15) is 12.3 Å². The molecule has 2 aliphatic rings. The number of alkyl halides is 2. The number of esters is 2. The lowest BCUT2D eigenvalue weighted by molar-refractivity contribution is 0.0592. The lowest BCUT2D eigenvalue weighted by atomic mass is 9.88. The van der Waals surface area contributed by atoms with Crippen LogP contribution in [0.4, 0.5) is 8.78 Å². The Labute approximate surface area is 199 Å². The van der Waals surface area contributed by atoms with Crippen molar-refractivity contribution in [1.29, 1.82) is 0 Å². The average molecular weight is 475 g/mol. The van der Waals surface area contributed by atoms with Crippen molar-refractivity contribution in [1.82, 2.24) is 10.6 Å². The molecule has 2 aromatic carbocycles. The van der Waals surface area contributed by atoms with Gasteiger partial charge in [-0.3, -0.25) is 0 Å². The van der Waals surface area contributed by atoms with Gasteiger partial charge in [-0.05, 0) is 61.3 Å². The number of hydrogen-bond acceptors (Lipinski definition) is 6. The Morgan fingerprint density at radius 1 is 0.706 bits per heavy atom. The second-order valence-electron chi connectivity index (χ2n) is 8.46. The van der Waals surface area contributed by atoms with E-state index in [-0.39, 0.29) is 23.8 Å². The minimum Gasteiger partial charge on any atom is -0.465 e. The average Bonchev–Trinajstić information content (AvgIpc) is 2.89. The Morgan fingerprint density at radius 3 is 1.35 bits per heavy atom. The van der Waals surface area contributed by atoms with Gasteiger partial charge in [0.15, 0.2) is 0 Å². The molecule has 34 heavy (non-hydrogen) atoms. The van der Waals surface area contributed by atoms with Gasteiger partial charge < -0.3 is 20.1 Å². The van der Waals surface area contributed by atoms with E-state index in [1.807, 2.05) is 24.3 Å². The van der Waals surface area contributed by atoms with Gasteiger partial charge in [0.2, 0.25) is 0 Å². The van der Waals surface area contributed by atoms with E-state index in [0.717, 1.165) is 37.1 Å². The molecular formula is C26H32F2N2O4. The molecule has 184 valence electrons. The molecule has 0 amide bonds. The number of hydrogen-bond donors (Lipinski definition) is 2. The number of benzene rings is 2. The van der Waals surface area contributed by atoms with Crippen LogP contribution in [0.5, 0.6) is 0 Å². The summed E-state index contributed by atoms with van der Waals surface area (Å²) in [6, 6.07) is 14.0. The van der Waals surface area contributed by atoms with Gasteiger partial charge in [-0.15, -0.1) is 0 Å². The number of rotatable bonds is 4. The van der Waals surface area contributed by atoms with Crippen LogP contribution in [0, 0.1) is 0 Å². The van der Waals surface area contributed by atoms with Crippen LogP contribution in [0.3, 0.4) is 0 Å². The van der Waals surface area contributed by atoms with E-state index in [0.29, 0.717) is 24.2 Å². The highest BCUT2D eigenvalue weighted by molar-refractivity contribution is 5.89. The van der Waals surface area contributed by atoms with Crippen molar-refractivity contribution in [2.75, 3.05) is 40.4 Å². The molecule has 2 fully saturated rings. The number of nitrogens with one attached hydrogen (secondary N) is 2. The van der Waals surface area contributed by atoms with E-state index in [1.165, 1.54) is 14.2 Å². The van der Waals surface area contributed by atoms with Gasteiger partial charge in [-0.2, -0.15) is 0 Å². The molecule has 0 aliphatic carbocycles. The van der Waals surface area contributed by atoms with Gasteiger partial charge in [0, 0.05) is 24.9 Å². The Hall–Kier alpha value is -2.84. The number of ether oxygens (including phenoxy) is 2. The van der Waals surface area contributed by atoms with Crippen LogP contribution in [0.15, 0.2) is 48.5 Å². The summed E-state index contributed by atoms with van der Waals surface area (Å²) in [6.07, 6.45) is -0.127. The summed E-state index contributed by atoms with van der Waals surface area (Å²) in [5, 5.41) is 6.05. The smallest absolute Gasteiger partial charge is 0.337 e. The molecule has 8 heteroatoms. The van der Waals surface area contributed by atoms with Crippen molar-refractivity contribution >= 4 is 11.9 Å². The van der Waals surface area contributed by atoms with Crippen molar-refractivity contribution in [3.05, 3.63) is 70.8 Å². The molecule has 2 aliphatic heterocycles. The van der Waals surface area contributed by atoms with Gasteiger partial charge in [-0.25, -0.2) is 18.4 Å². The minimum atomic E-state index is -0.854. The predicted octanol–water partition coefficient (Wildman–Crippen LogP) is 3.78. The van der Waals surface area contributed by atoms with Gasteiger partial charge in [0.25, 0.3) is 0 Å². The summed E-state index contributed by atoms with van der Waals surface area (Å²) in [6.45, 7) is 2.49. The Morgan fingerprint density at radius 2 is 1.06 bits per heavy atom. The number of piperidine rings is 2. The Balaban J connectivity index is 0.000000191. The van der Waals surface area contributed by atoms with E-state index >= 15 is 0 Å². The maximum Gasteiger partial charge on any atom is 0.337 e. The summed E-state index contributed by atoms with van der Waals surface area (Å²) in [5.74, 6) is -0.858. The highest BCUT2D eigenvalue weighted by atomic mass is 19.1. The van der Waals surface area contributed by atoms with E-state index in [9.17, 15) is 18.4 Å². The summed E-state index contributed by atoms with van der Waals surface area (Å²) in [4.78, 5) is 22.5. The number of carbonyl (C=O) groups is 2. The lowest BCUT2D eigenvalue weighted by Crippen LogP contribution is -2.36. The fraction of sp³-hybridized carbons (Fsp3) is 0.462. The van der Waals surface area contributed by atoms with Crippen LogP contribution >= 0.6 is 0 Å². The van der Waals surface area contributed by atoms with Crippen LogP contribution in [-0.4, -0.2) is 64.7 Å². The van der Waals surface area contributed by atoms with Crippen molar-refractivity contribution in [2.45, 2.75) is 37.0 Å². The summed E-state index contributed by atoms with van der Waals surface area (Å²) < 4.78 is 36.6. The molecular weight excluding hydrogens is 442 g/mol. The molecule has 6 nitrogen and oxygen atoms in total. The zero-order chi connectivity index (χ0) is 24.5. The molecule has 0 radical (unpaired) electrons. The third-order valence-corrected chi connectivity index (χ3v) is 6.34. The molecule has 0 spiro atoms. The quantitative estimate of drug-likeness (QED) is 0.657. The Kier molecular flexibility index (Phi) is 9.53. The Bertz CT molecular complexity index is 859. The van der Waals surface area contributed by atoms with Crippen LogP contribution in [0.1, 0.15) is 56.5 Å². The predicted molar refractivity (Wildman–Crippen MR) is 126 cm³/mol. The summed E-state index contributed by atoms with van der Waals surface area (Å²) in [7, 11) is 2.70. The molecule has 2 aromatic rings. The normalized spacial score (nSPS) is 24.4. The highest BCUT2D eigenvalue weighted by Gasteiger charge is 2.27. The third-order valence-electron chi connectivity index (χ3n) is 6.34. The van der Waals surface area contributed by atoms with Crippen molar-refractivity contribution < 1.29 is 27.8 Å². The first-order valence-corrected chi connectivity index (χ1v) is 11.5. The number of halogens is 2. The fourth-order valence-electron chi connectivity index (χ4n) is 4.36. The van der Waals surface area contributed by atoms with Crippen molar-refractivity contribution in [3.63, 3.8) is 0 Å². The maximum absolute atomic E-state index is 13.7. The zero-order valence-corrected chi connectivity index (χ0v) is 19.6. The molecule has 4 atom stereocenters. The number of methoxy groups -OCH3 is 2. The molecule has 0 aromatic heterocycles. The molecule has 4 rings (SSSR count). The topological polar surface area (TPSA) is 76.7 Å². The standard InChI is InChI=1S/2C13H16FNO2/c2*1-17-13(16)10-4-2-9(3-5-10)11-6-7-15-8-12(11)14/h2*2-5,11-12,15H,6-8H2,1H3/t2*11-,12-/m10/s1. The van der Waals surface area contributed by atoms with E-state index in [4.69, 9.17) is 0 Å². The van der Waals surface area contributed by atoms with Gasteiger partial charge in [-0.1, -0.05) is 24.3 Å². The second-order valence-corrected chi connectivity index (χ2v) is 8.46. The van der Waals surface area contributed by atoms with E-state index in [1.54, 1.807) is 24.3 Å². The molecule has 2 N–H and O–H groups in total. The number of carbonyl (C=O) groups excluding carboxylic acids is 2. The van der Waals surface area contributed by atoms with Gasteiger partial charge >= 0.3 is 11.9 Å². The van der Waals surface area contributed by atoms with E-state index in [2.05, 4.69) is 20.1 Å². The van der Waals surface area contributed by atoms with Crippen LogP contribution < -0.4 is 10.6 Å². The molecule has 2 saturated heterocycles. The first kappa shape index (κ1) is 25.8. The molecule has 0 saturated carbocycles. The summed E-state index contributed by atoms with van der Waals surface area (Å²) in [5.41, 5.74) is 2.90. The maximum atomic E-state index is 13.7. The van der Waals surface area contributed by atoms with Crippen molar-refractivity contribution in [2.24, 2.45) is 0 Å². The van der Waals surface area contributed by atoms with Crippen LogP contribution in [0.2, 0.25) is 0 Å². The van der Waals surface area contributed by atoms with Crippen molar-refractivity contribution in [3.8, 4) is 0 Å². The fourth-order valence-corrected chi connectivity index (χ4v) is 4.36. The summed E-state index contributed by atoms with van der Waals surface area (Å²) >= 11 is 0.